The van der Waals surface area contributed by atoms with Crippen LogP contribution in [0.25, 0.3) is 0 Å². The van der Waals surface area contributed by atoms with E-state index in [9.17, 15) is 12.8 Å². The Balaban J connectivity index is 2.30. The molecule has 2 rings (SSSR count). The minimum absolute atomic E-state index is 0.0131. The maximum atomic E-state index is 13.2. The molecule has 0 spiro atoms. The zero-order valence-electron chi connectivity index (χ0n) is 10.9. The SMILES string of the molecule is C[C@@H](NS(=O)(=O)c1cc(F)ccc1N)c1ccccc1. The molecule has 0 saturated carbocycles. The number of nitrogen functional groups attached to an aromatic ring is 1. The molecule has 2 aromatic carbocycles. The molecule has 6 heteroatoms. The molecular weight excluding hydrogens is 279 g/mol. The number of nitrogens with two attached hydrogens (primary N) is 1. The lowest BCUT2D eigenvalue weighted by atomic mass is 10.1. The van der Waals surface area contributed by atoms with Crippen LogP contribution in [0.15, 0.2) is 53.4 Å². The Labute approximate surface area is 117 Å². The Hall–Kier alpha value is -1.92. The Morgan fingerprint density at radius 3 is 2.45 bits per heavy atom. The first-order chi connectivity index (χ1) is 9.40. The molecule has 0 heterocycles. The number of rotatable bonds is 4. The van der Waals surface area contributed by atoms with Gasteiger partial charge in [0.15, 0.2) is 0 Å². The normalized spacial score (nSPS) is 13.1. The molecule has 0 aliphatic heterocycles. The predicted octanol–water partition coefficient (Wildman–Crippen LogP) is 2.45. The Bertz CT molecular complexity index is 702. The number of hydrogen-bond donors (Lipinski definition) is 2. The number of benzene rings is 2. The fourth-order valence-electron chi connectivity index (χ4n) is 1.85. The van der Waals surface area contributed by atoms with Crippen molar-refractivity contribution in [2.24, 2.45) is 0 Å². The third-order valence-corrected chi connectivity index (χ3v) is 4.49. The number of halogens is 1. The lowest BCUT2D eigenvalue weighted by Gasteiger charge is -2.15. The first-order valence-corrected chi connectivity index (χ1v) is 7.51. The molecule has 0 saturated heterocycles. The molecule has 0 radical (unpaired) electrons. The molecule has 4 nitrogen and oxygen atoms in total. The van der Waals surface area contributed by atoms with Gasteiger partial charge in [0.2, 0.25) is 10.0 Å². The van der Waals surface area contributed by atoms with Gasteiger partial charge < -0.3 is 5.73 Å². The highest BCUT2D eigenvalue weighted by molar-refractivity contribution is 7.89. The van der Waals surface area contributed by atoms with Crippen LogP contribution in [0.3, 0.4) is 0 Å². The van der Waals surface area contributed by atoms with Crippen molar-refractivity contribution in [1.29, 1.82) is 0 Å². The average molecular weight is 294 g/mol. The van der Waals surface area contributed by atoms with Gasteiger partial charge in [-0.1, -0.05) is 30.3 Å². The third kappa shape index (κ3) is 3.15. The minimum atomic E-state index is -3.88. The molecular formula is C14H15FN2O2S. The van der Waals surface area contributed by atoms with Crippen molar-refractivity contribution in [3.63, 3.8) is 0 Å². The summed E-state index contributed by atoms with van der Waals surface area (Å²) < 4.78 is 40.1. The third-order valence-electron chi connectivity index (χ3n) is 2.90. The van der Waals surface area contributed by atoms with E-state index in [1.165, 1.54) is 6.07 Å². The monoisotopic (exact) mass is 294 g/mol. The lowest BCUT2D eigenvalue weighted by Crippen LogP contribution is -2.27. The topological polar surface area (TPSA) is 72.2 Å². The van der Waals surface area contributed by atoms with E-state index in [2.05, 4.69) is 4.72 Å². The second kappa shape index (κ2) is 5.60. The molecule has 0 aliphatic rings. The van der Waals surface area contributed by atoms with Gasteiger partial charge in [-0.05, 0) is 30.7 Å². The van der Waals surface area contributed by atoms with Gasteiger partial charge in [-0.25, -0.2) is 17.5 Å². The molecule has 0 fully saturated rings. The molecule has 3 N–H and O–H groups in total. The molecule has 0 bridgehead atoms. The zero-order valence-corrected chi connectivity index (χ0v) is 11.7. The first-order valence-electron chi connectivity index (χ1n) is 6.02. The van der Waals surface area contributed by atoms with E-state index < -0.39 is 21.9 Å². The second-order valence-electron chi connectivity index (χ2n) is 4.44. The van der Waals surface area contributed by atoms with Crippen LogP contribution in [0.5, 0.6) is 0 Å². The molecule has 1 atom stereocenters. The highest BCUT2D eigenvalue weighted by Gasteiger charge is 2.21. The zero-order chi connectivity index (χ0) is 14.8. The van der Waals surface area contributed by atoms with Gasteiger partial charge in [0.25, 0.3) is 0 Å². The summed E-state index contributed by atoms with van der Waals surface area (Å²) in [5, 5.41) is 0. The van der Waals surface area contributed by atoms with E-state index in [1.54, 1.807) is 6.92 Å². The molecule has 106 valence electrons. The van der Waals surface area contributed by atoms with Crippen LogP contribution in [-0.4, -0.2) is 8.42 Å². The van der Waals surface area contributed by atoms with Gasteiger partial charge in [-0.3, -0.25) is 0 Å². The fourth-order valence-corrected chi connectivity index (χ4v) is 3.22. The van der Waals surface area contributed by atoms with Gasteiger partial charge >= 0.3 is 0 Å². The average Bonchev–Trinajstić information content (AvgIpc) is 2.42. The summed E-state index contributed by atoms with van der Waals surface area (Å²) in [4.78, 5) is -0.250. The van der Waals surface area contributed by atoms with Crippen molar-refractivity contribution in [1.82, 2.24) is 4.72 Å². The Kier molecular flexibility index (Phi) is 4.06. The maximum absolute atomic E-state index is 13.2. The number of anilines is 1. The summed E-state index contributed by atoms with van der Waals surface area (Å²) in [6.07, 6.45) is 0. The van der Waals surface area contributed by atoms with E-state index >= 15 is 0 Å². The van der Waals surface area contributed by atoms with E-state index in [-0.39, 0.29) is 10.6 Å². The summed E-state index contributed by atoms with van der Waals surface area (Å²) in [6, 6.07) is 11.9. The van der Waals surface area contributed by atoms with Gasteiger partial charge in [-0.15, -0.1) is 0 Å². The summed E-state index contributed by atoms with van der Waals surface area (Å²) in [5.41, 5.74) is 6.43. The van der Waals surface area contributed by atoms with Crippen molar-refractivity contribution < 1.29 is 12.8 Å². The second-order valence-corrected chi connectivity index (χ2v) is 6.12. The van der Waals surface area contributed by atoms with Crippen LogP contribution in [-0.2, 0) is 10.0 Å². The standard InChI is InChI=1S/C14H15FN2O2S/c1-10(11-5-3-2-4-6-11)17-20(18,19)14-9-12(15)7-8-13(14)16/h2-10,17H,16H2,1H3/t10-/m1/s1. The highest BCUT2D eigenvalue weighted by Crippen LogP contribution is 2.22. The van der Waals surface area contributed by atoms with Crippen molar-refractivity contribution >= 4 is 15.7 Å². The van der Waals surface area contributed by atoms with Crippen molar-refractivity contribution in [3.05, 3.63) is 59.9 Å². The molecule has 20 heavy (non-hydrogen) atoms. The van der Waals surface area contributed by atoms with E-state index in [0.29, 0.717) is 0 Å². The number of nitrogens with one attached hydrogen (secondary N) is 1. The predicted molar refractivity (Wildman–Crippen MR) is 76.0 cm³/mol. The number of hydrogen-bond acceptors (Lipinski definition) is 3. The molecule has 2 aromatic rings. The van der Waals surface area contributed by atoms with Crippen LogP contribution in [0.2, 0.25) is 0 Å². The van der Waals surface area contributed by atoms with Crippen molar-refractivity contribution in [2.45, 2.75) is 17.9 Å². The summed E-state index contributed by atoms with van der Waals surface area (Å²) in [5.74, 6) is -0.646. The maximum Gasteiger partial charge on any atom is 0.243 e. The van der Waals surface area contributed by atoms with Crippen molar-refractivity contribution in [2.75, 3.05) is 5.73 Å². The summed E-state index contributed by atoms with van der Waals surface area (Å²) >= 11 is 0. The summed E-state index contributed by atoms with van der Waals surface area (Å²) in [6.45, 7) is 1.71. The van der Waals surface area contributed by atoms with Gasteiger partial charge in [0, 0.05) is 6.04 Å². The van der Waals surface area contributed by atoms with Crippen LogP contribution >= 0.6 is 0 Å². The largest absolute Gasteiger partial charge is 0.398 e. The van der Waals surface area contributed by atoms with E-state index in [1.807, 2.05) is 30.3 Å². The number of sulfonamides is 1. The molecule has 0 unspecified atom stereocenters. The van der Waals surface area contributed by atoms with E-state index in [0.717, 1.165) is 17.7 Å². The quantitative estimate of drug-likeness (QED) is 0.851. The van der Waals surface area contributed by atoms with Crippen LogP contribution in [0, 0.1) is 5.82 Å². The van der Waals surface area contributed by atoms with E-state index in [4.69, 9.17) is 5.73 Å². The van der Waals surface area contributed by atoms with Gasteiger partial charge in [0.1, 0.15) is 10.7 Å². The molecule has 0 aromatic heterocycles. The summed E-state index contributed by atoms with van der Waals surface area (Å²) in [7, 11) is -3.88. The minimum Gasteiger partial charge on any atom is -0.398 e. The molecule has 0 amide bonds. The van der Waals surface area contributed by atoms with Crippen LogP contribution in [0.4, 0.5) is 10.1 Å². The first kappa shape index (κ1) is 14.5. The van der Waals surface area contributed by atoms with Crippen LogP contribution in [0.1, 0.15) is 18.5 Å². The van der Waals surface area contributed by atoms with Crippen LogP contribution < -0.4 is 10.5 Å². The Morgan fingerprint density at radius 1 is 1.15 bits per heavy atom. The highest BCUT2D eigenvalue weighted by atomic mass is 32.2. The Morgan fingerprint density at radius 2 is 1.80 bits per heavy atom. The smallest absolute Gasteiger partial charge is 0.243 e. The van der Waals surface area contributed by atoms with Gasteiger partial charge in [-0.2, -0.15) is 0 Å². The lowest BCUT2D eigenvalue weighted by molar-refractivity contribution is 0.564. The van der Waals surface area contributed by atoms with Crippen molar-refractivity contribution in [3.8, 4) is 0 Å². The molecule has 0 aliphatic carbocycles. The fraction of sp³-hybridized carbons (Fsp3) is 0.143. The van der Waals surface area contributed by atoms with Gasteiger partial charge in [0.05, 0.1) is 5.69 Å².